The smallest absolute Gasteiger partial charge is 0.239 e. The summed E-state index contributed by atoms with van der Waals surface area (Å²) >= 11 is 0. The Hall–Kier alpha value is -2.13. The van der Waals surface area contributed by atoms with Crippen molar-refractivity contribution in [3.8, 4) is 0 Å². The monoisotopic (exact) mass is 282 g/mol. The minimum absolute atomic E-state index is 0.0258. The van der Waals surface area contributed by atoms with Gasteiger partial charge in [-0.1, -0.05) is 54.6 Å². The molecule has 110 valence electrons. The Balaban J connectivity index is 1.97. The number of likely N-dealkylation sites (N-methyl/N-ethyl adjacent to an activating group) is 1. The van der Waals surface area contributed by atoms with Gasteiger partial charge in [0.05, 0.1) is 6.04 Å². The van der Waals surface area contributed by atoms with Crippen LogP contribution in [0.15, 0.2) is 54.6 Å². The zero-order valence-corrected chi connectivity index (χ0v) is 12.6. The molecule has 3 heteroatoms. The number of benzene rings is 2. The molecule has 0 aliphatic heterocycles. The molecule has 0 saturated heterocycles. The summed E-state index contributed by atoms with van der Waals surface area (Å²) in [5.74, 6) is -0.0258. The van der Waals surface area contributed by atoms with Crippen molar-refractivity contribution in [2.45, 2.75) is 25.9 Å². The lowest BCUT2D eigenvalue weighted by atomic mass is 10.0. The molecule has 21 heavy (non-hydrogen) atoms. The van der Waals surface area contributed by atoms with Gasteiger partial charge in [-0.2, -0.15) is 0 Å². The van der Waals surface area contributed by atoms with E-state index in [2.05, 4.69) is 13.0 Å². The van der Waals surface area contributed by atoms with Crippen LogP contribution in [0.25, 0.3) is 0 Å². The van der Waals surface area contributed by atoms with Crippen LogP contribution in [0.4, 0.5) is 0 Å². The first kappa shape index (κ1) is 15.3. The van der Waals surface area contributed by atoms with Gasteiger partial charge >= 0.3 is 0 Å². The van der Waals surface area contributed by atoms with E-state index in [9.17, 15) is 4.79 Å². The summed E-state index contributed by atoms with van der Waals surface area (Å²) < 4.78 is 0. The normalized spacial score (nSPS) is 12.0. The molecule has 2 aromatic carbocycles. The Morgan fingerprint density at radius 2 is 1.71 bits per heavy atom. The molecule has 0 aliphatic carbocycles. The van der Waals surface area contributed by atoms with Gasteiger partial charge in [0.2, 0.25) is 5.91 Å². The number of hydrogen-bond acceptors (Lipinski definition) is 2. The van der Waals surface area contributed by atoms with E-state index in [1.807, 2.05) is 48.5 Å². The van der Waals surface area contributed by atoms with Crippen molar-refractivity contribution >= 4 is 5.91 Å². The average molecular weight is 282 g/mol. The zero-order valence-electron chi connectivity index (χ0n) is 12.6. The fraction of sp³-hybridized carbons (Fsp3) is 0.278. The van der Waals surface area contributed by atoms with Crippen LogP contribution in [0.1, 0.15) is 16.7 Å². The molecule has 2 rings (SSSR count). The molecule has 0 spiro atoms. The molecule has 0 saturated carbocycles. The van der Waals surface area contributed by atoms with Crippen molar-refractivity contribution in [3.05, 3.63) is 71.3 Å². The van der Waals surface area contributed by atoms with Crippen molar-refractivity contribution in [1.29, 1.82) is 0 Å². The van der Waals surface area contributed by atoms with Crippen LogP contribution < -0.4 is 5.73 Å². The molecule has 0 fully saturated rings. The first-order valence-corrected chi connectivity index (χ1v) is 7.17. The van der Waals surface area contributed by atoms with Gasteiger partial charge in [-0.25, -0.2) is 0 Å². The SMILES string of the molecule is Cc1ccccc1CN(C)C(=O)[C@@H](N)Cc1ccccc1. The predicted octanol–water partition coefficient (Wildman–Crippen LogP) is 2.52. The van der Waals surface area contributed by atoms with Crippen LogP contribution in [0.5, 0.6) is 0 Å². The van der Waals surface area contributed by atoms with E-state index in [1.165, 1.54) is 5.56 Å². The van der Waals surface area contributed by atoms with Crippen LogP contribution >= 0.6 is 0 Å². The highest BCUT2D eigenvalue weighted by atomic mass is 16.2. The van der Waals surface area contributed by atoms with Gasteiger partial charge in [0.25, 0.3) is 0 Å². The maximum absolute atomic E-state index is 12.4. The first-order chi connectivity index (χ1) is 10.1. The molecule has 0 bridgehead atoms. The fourth-order valence-electron chi connectivity index (χ4n) is 2.36. The quantitative estimate of drug-likeness (QED) is 0.916. The van der Waals surface area contributed by atoms with E-state index in [0.717, 1.165) is 11.1 Å². The van der Waals surface area contributed by atoms with Gasteiger partial charge in [0.15, 0.2) is 0 Å². The highest BCUT2D eigenvalue weighted by molar-refractivity contribution is 5.81. The van der Waals surface area contributed by atoms with Crippen LogP contribution in [0, 0.1) is 6.92 Å². The van der Waals surface area contributed by atoms with Crippen molar-refractivity contribution in [3.63, 3.8) is 0 Å². The van der Waals surface area contributed by atoms with Gasteiger partial charge < -0.3 is 10.6 Å². The third-order valence-corrected chi connectivity index (χ3v) is 3.66. The van der Waals surface area contributed by atoms with Crippen LogP contribution in [-0.2, 0) is 17.8 Å². The maximum atomic E-state index is 12.4. The number of nitrogens with two attached hydrogens (primary N) is 1. The van der Waals surface area contributed by atoms with Crippen molar-refractivity contribution in [2.24, 2.45) is 5.73 Å². The number of carbonyl (C=O) groups is 1. The van der Waals surface area contributed by atoms with E-state index in [0.29, 0.717) is 13.0 Å². The summed E-state index contributed by atoms with van der Waals surface area (Å²) in [6, 6.07) is 17.5. The van der Waals surface area contributed by atoms with Crippen LogP contribution in [0.2, 0.25) is 0 Å². The Labute approximate surface area is 126 Å². The molecule has 0 aromatic heterocycles. The minimum Gasteiger partial charge on any atom is -0.340 e. The second-order valence-electron chi connectivity index (χ2n) is 5.42. The topological polar surface area (TPSA) is 46.3 Å². The average Bonchev–Trinajstić information content (AvgIpc) is 2.49. The lowest BCUT2D eigenvalue weighted by Crippen LogP contribution is -2.42. The van der Waals surface area contributed by atoms with E-state index in [4.69, 9.17) is 5.73 Å². The highest BCUT2D eigenvalue weighted by Gasteiger charge is 2.18. The lowest BCUT2D eigenvalue weighted by molar-refractivity contribution is -0.131. The second kappa shape index (κ2) is 7.04. The zero-order chi connectivity index (χ0) is 15.2. The maximum Gasteiger partial charge on any atom is 0.239 e. The Bertz CT molecular complexity index is 595. The Kier molecular flexibility index (Phi) is 5.12. The summed E-state index contributed by atoms with van der Waals surface area (Å²) in [5.41, 5.74) is 9.48. The summed E-state index contributed by atoms with van der Waals surface area (Å²) in [5, 5.41) is 0. The molecule has 3 nitrogen and oxygen atoms in total. The third kappa shape index (κ3) is 4.17. The number of rotatable bonds is 5. The van der Waals surface area contributed by atoms with E-state index in [1.54, 1.807) is 11.9 Å². The molecule has 1 atom stereocenters. The van der Waals surface area contributed by atoms with Crippen LogP contribution in [-0.4, -0.2) is 23.9 Å². The summed E-state index contributed by atoms with van der Waals surface area (Å²) in [4.78, 5) is 14.1. The molecule has 2 N–H and O–H groups in total. The van der Waals surface area contributed by atoms with Crippen molar-refractivity contribution < 1.29 is 4.79 Å². The summed E-state index contributed by atoms with van der Waals surface area (Å²) in [6.07, 6.45) is 0.567. The van der Waals surface area contributed by atoms with Crippen molar-refractivity contribution in [2.75, 3.05) is 7.05 Å². The number of amides is 1. The predicted molar refractivity (Wildman–Crippen MR) is 85.8 cm³/mol. The lowest BCUT2D eigenvalue weighted by Gasteiger charge is -2.22. The van der Waals surface area contributed by atoms with Gasteiger partial charge in [-0.3, -0.25) is 4.79 Å². The third-order valence-electron chi connectivity index (χ3n) is 3.66. The number of hydrogen-bond donors (Lipinski definition) is 1. The minimum atomic E-state index is -0.499. The standard InChI is InChI=1S/C18H22N2O/c1-14-8-6-7-11-16(14)13-20(2)18(21)17(19)12-15-9-4-3-5-10-15/h3-11,17H,12-13,19H2,1-2H3/t17-/m0/s1. The molecule has 0 radical (unpaired) electrons. The molecule has 2 aromatic rings. The largest absolute Gasteiger partial charge is 0.340 e. The molecule has 0 heterocycles. The van der Waals surface area contributed by atoms with E-state index in [-0.39, 0.29) is 5.91 Å². The number of carbonyl (C=O) groups excluding carboxylic acids is 1. The molecule has 0 unspecified atom stereocenters. The molecule has 0 aliphatic rings. The Morgan fingerprint density at radius 1 is 1.10 bits per heavy atom. The summed E-state index contributed by atoms with van der Waals surface area (Å²) in [6.45, 7) is 2.64. The van der Waals surface area contributed by atoms with Gasteiger partial charge in [-0.15, -0.1) is 0 Å². The Morgan fingerprint density at radius 3 is 2.38 bits per heavy atom. The second-order valence-corrected chi connectivity index (χ2v) is 5.42. The van der Waals surface area contributed by atoms with Crippen molar-refractivity contribution in [1.82, 2.24) is 4.90 Å². The van der Waals surface area contributed by atoms with E-state index < -0.39 is 6.04 Å². The van der Waals surface area contributed by atoms with Gasteiger partial charge in [-0.05, 0) is 30.0 Å². The first-order valence-electron chi connectivity index (χ1n) is 7.17. The molecule has 1 amide bonds. The number of aryl methyl sites for hydroxylation is 1. The van der Waals surface area contributed by atoms with E-state index >= 15 is 0 Å². The molecular formula is C18H22N2O. The van der Waals surface area contributed by atoms with Gasteiger partial charge in [0, 0.05) is 13.6 Å². The van der Waals surface area contributed by atoms with Crippen LogP contribution in [0.3, 0.4) is 0 Å². The summed E-state index contributed by atoms with van der Waals surface area (Å²) in [7, 11) is 1.81. The fourth-order valence-corrected chi connectivity index (χ4v) is 2.36. The molecular weight excluding hydrogens is 260 g/mol. The van der Waals surface area contributed by atoms with Gasteiger partial charge in [0.1, 0.15) is 0 Å². The number of nitrogens with zero attached hydrogens (tertiary/aromatic N) is 1. The highest BCUT2D eigenvalue weighted by Crippen LogP contribution is 2.11.